The van der Waals surface area contributed by atoms with E-state index in [1.54, 1.807) is 17.0 Å². The van der Waals surface area contributed by atoms with Gasteiger partial charge in [0.25, 0.3) is 11.8 Å². The molecule has 140 valence electrons. The molecule has 0 spiro atoms. The molecule has 0 bridgehead atoms. The minimum atomic E-state index is -0.175. The topological polar surface area (TPSA) is 58.6 Å². The van der Waals surface area contributed by atoms with Gasteiger partial charge in [-0.05, 0) is 61.1 Å². The summed E-state index contributed by atoms with van der Waals surface area (Å²) in [4.78, 5) is 27.4. The number of amides is 2. The molecule has 2 aromatic rings. The second-order valence-corrected chi connectivity index (χ2v) is 7.09. The van der Waals surface area contributed by atoms with Gasteiger partial charge < -0.3 is 15.0 Å². The average Bonchev–Trinajstić information content (AvgIpc) is 2.74. The summed E-state index contributed by atoms with van der Waals surface area (Å²) in [7, 11) is 0. The standard InChI is InChI=1S/C22H24N2O3/c25-21(18-10-9-16-5-1-2-6-17(16)15-18)23-20-8-4-3-7-19(20)22(26)24-11-13-27-14-12-24/h3-4,7-10,15H,1-2,5-6,11-14H2,(H,23,25). The number of hydrogen-bond acceptors (Lipinski definition) is 3. The Balaban J connectivity index is 1.54. The van der Waals surface area contributed by atoms with E-state index in [4.69, 9.17) is 4.74 Å². The van der Waals surface area contributed by atoms with Gasteiger partial charge in [0.15, 0.2) is 0 Å². The fourth-order valence-corrected chi connectivity index (χ4v) is 3.78. The summed E-state index contributed by atoms with van der Waals surface area (Å²) in [5.74, 6) is -0.245. The first kappa shape index (κ1) is 17.7. The number of carbonyl (C=O) groups excluding carboxylic acids is 2. The van der Waals surface area contributed by atoms with Crippen LogP contribution in [0, 0.1) is 0 Å². The number of para-hydroxylation sites is 1. The summed E-state index contributed by atoms with van der Waals surface area (Å²) in [5.41, 5.74) is 4.33. The molecular weight excluding hydrogens is 340 g/mol. The Hall–Kier alpha value is -2.66. The summed E-state index contributed by atoms with van der Waals surface area (Å²) in [5, 5.41) is 2.94. The van der Waals surface area contributed by atoms with Crippen LogP contribution in [0.4, 0.5) is 5.69 Å². The number of aryl methyl sites for hydroxylation is 2. The minimum Gasteiger partial charge on any atom is -0.378 e. The van der Waals surface area contributed by atoms with Crippen molar-refractivity contribution in [2.45, 2.75) is 25.7 Å². The van der Waals surface area contributed by atoms with Crippen LogP contribution in [0.3, 0.4) is 0 Å². The van der Waals surface area contributed by atoms with Crippen molar-refractivity contribution < 1.29 is 14.3 Å². The van der Waals surface area contributed by atoms with Crippen LogP contribution < -0.4 is 5.32 Å². The van der Waals surface area contributed by atoms with E-state index < -0.39 is 0 Å². The summed E-state index contributed by atoms with van der Waals surface area (Å²) in [6.45, 7) is 2.25. The number of hydrogen-bond donors (Lipinski definition) is 1. The maximum Gasteiger partial charge on any atom is 0.256 e. The fraction of sp³-hybridized carbons (Fsp3) is 0.364. The zero-order chi connectivity index (χ0) is 18.6. The smallest absolute Gasteiger partial charge is 0.256 e. The molecular formula is C22H24N2O3. The zero-order valence-corrected chi connectivity index (χ0v) is 15.4. The molecule has 0 aromatic heterocycles. The minimum absolute atomic E-state index is 0.0698. The molecule has 1 N–H and O–H groups in total. The highest BCUT2D eigenvalue weighted by Crippen LogP contribution is 2.24. The molecule has 0 atom stereocenters. The lowest BCUT2D eigenvalue weighted by atomic mass is 9.90. The van der Waals surface area contributed by atoms with Gasteiger partial charge in [0.2, 0.25) is 0 Å². The Morgan fingerprint density at radius 2 is 1.67 bits per heavy atom. The molecule has 0 unspecified atom stereocenters. The number of ether oxygens (including phenoxy) is 1. The van der Waals surface area contributed by atoms with Crippen LogP contribution in [0.2, 0.25) is 0 Å². The summed E-state index contributed by atoms with van der Waals surface area (Å²) < 4.78 is 5.32. The molecule has 27 heavy (non-hydrogen) atoms. The van der Waals surface area contributed by atoms with Crippen LogP contribution >= 0.6 is 0 Å². The van der Waals surface area contributed by atoms with Crippen LogP contribution in [0.15, 0.2) is 42.5 Å². The molecule has 5 heteroatoms. The first-order valence-electron chi connectivity index (χ1n) is 9.61. The highest BCUT2D eigenvalue weighted by molar-refractivity contribution is 6.09. The summed E-state index contributed by atoms with van der Waals surface area (Å²) >= 11 is 0. The number of fused-ring (bicyclic) bond motifs is 1. The SMILES string of the molecule is O=C(Nc1ccccc1C(=O)N1CCOCC1)c1ccc2c(c1)CCCC2. The molecule has 0 saturated carbocycles. The molecule has 5 nitrogen and oxygen atoms in total. The van der Waals surface area contributed by atoms with Crippen molar-refractivity contribution in [3.63, 3.8) is 0 Å². The van der Waals surface area contributed by atoms with Crippen molar-refractivity contribution in [3.05, 3.63) is 64.7 Å². The normalized spacial score (nSPS) is 16.5. The molecule has 1 saturated heterocycles. The number of rotatable bonds is 3. The van der Waals surface area contributed by atoms with Crippen LogP contribution in [0.5, 0.6) is 0 Å². The molecule has 1 heterocycles. The van der Waals surface area contributed by atoms with Crippen molar-refractivity contribution in [1.29, 1.82) is 0 Å². The van der Waals surface area contributed by atoms with Crippen molar-refractivity contribution in [3.8, 4) is 0 Å². The third-order valence-electron chi connectivity index (χ3n) is 5.31. The van der Waals surface area contributed by atoms with Gasteiger partial charge >= 0.3 is 0 Å². The monoisotopic (exact) mass is 364 g/mol. The molecule has 2 aromatic carbocycles. The highest BCUT2D eigenvalue weighted by Gasteiger charge is 2.22. The van der Waals surface area contributed by atoms with Crippen LogP contribution in [0.1, 0.15) is 44.7 Å². The van der Waals surface area contributed by atoms with Crippen molar-refractivity contribution in [2.24, 2.45) is 0 Å². The zero-order valence-electron chi connectivity index (χ0n) is 15.4. The molecule has 1 aliphatic heterocycles. The molecule has 4 rings (SSSR count). The predicted octanol–water partition coefficient (Wildman–Crippen LogP) is 3.29. The second-order valence-electron chi connectivity index (χ2n) is 7.09. The summed E-state index contributed by atoms with van der Waals surface area (Å²) in [6, 6.07) is 13.1. The molecule has 1 fully saturated rings. The van der Waals surface area contributed by atoms with Gasteiger partial charge in [-0.15, -0.1) is 0 Å². The van der Waals surface area contributed by atoms with Gasteiger partial charge in [-0.2, -0.15) is 0 Å². The van der Waals surface area contributed by atoms with Crippen molar-refractivity contribution in [1.82, 2.24) is 4.90 Å². The molecule has 1 aliphatic carbocycles. The number of anilines is 1. The van der Waals surface area contributed by atoms with E-state index >= 15 is 0 Å². The lowest BCUT2D eigenvalue weighted by Crippen LogP contribution is -2.41. The largest absolute Gasteiger partial charge is 0.378 e. The van der Waals surface area contributed by atoms with E-state index in [2.05, 4.69) is 11.4 Å². The maximum atomic E-state index is 12.8. The van der Waals surface area contributed by atoms with E-state index in [0.29, 0.717) is 43.1 Å². The van der Waals surface area contributed by atoms with Crippen LogP contribution in [0.25, 0.3) is 0 Å². The van der Waals surface area contributed by atoms with E-state index in [0.717, 1.165) is 12.8 Å². The molecule has 2 amide bonds. The van der Waals surface area contributed by atoms with E-state index in [-0.39, 0.29) is 11.8 Å². The van der Waals surface area contributed by atoms with Gasteiger partial charge in [-0.3, -0.25) is 9.59 Å². The average molecular weight is 364 g/mol. The third kappa shape index (κ3) is 3.88. The quantitative estimate of drug-likeness (QED) is 0.909. The van der Waals surface area contributed by atoms with E-state index in [1.807, 2.05) is 24.3 Å². The second kappa shape index (κ2) is 7.92. The molecule has 0 radical (unpaired) electrons. The van der Waals surface area contributed by atoms with Gasteiger partial charge in [-0.1, -0.05) is 18.2 Å². The van der Waals surface area contributed by atoms with Crippen LogP contribution in [-0.4, -0.2) is 43.0 Å². The Labute approximate surface area is 159 Å². The maximum absolute atomic E-state index is 12.8. The van der Waals surface area contributed by atoms with Crippen molar-refractivity contribution >= 4 is 17.5 Å². The van der Waals surface area contributed by atoms with Crippen LogP contribution in [-0.2, 0) is 17.6 Å². The number of carbonyl (C=O) groups is 2. The first-order chi connectivity index (χ1) is 13.2. The van der Waals surface area contributed by atoms with Gasteiger partial charge in [0.05, 0.1) is 24.5 Å². The summed E-state index contributed by atoms with van der Waals surface area (Å²) in [6.07, 6.45) is 4.52. The Kier molecular flexibility index (Phi) is 5.21. The van der Waals surface area contributed by atoms with E-state index in [1.165, 1.54) is 24.0 Å². The van der Waals surface area contributed by atoms with Gasteiger partial charge in [0.1, 0.15) is 0 Å². The van der Waals surface area contributed by atoms with Gasteiger partial charge in [-0.25, -0.2) is 0 Å². The van der Waals surface area contributed by atoms with Crippen molar-refractivity contribution in [2.75, 3.05) is 31.6 Å². The van der Waals surface area contributed by atoms with Gasteiger partial charge in [0, 0.05) is 18.7 Å². The number of nitrogens with one attached hydrogen (secondary N) is 1. The fourth-order valence-electron chi connectivity index (χ4n) is 3.78. The van der Waals surface area contributed by atoms with E-state index in [9.17, 15) is 9.59 Å². The lowest BCUT2D eigenvalue weighted by molar-refractivity contribution is 0.0303. The highest BCUT2D eigenvalue weighted by atomic mass is 16.5. The Bertz CT molecular complexity index is 856. The molecule has 2 aliphatic rings. The first-order valence-corrected chi connectivity index (χ1v) is 9.61. The number of nitrogens with zero attached hydrogens (tertiary/aromatic N) is 1. The predicted molar refractivity (Wildman–Crippen MR) is 104 cm³/mol. The third-order valence-corrected chi connectivity index (χ3v) is 5.31. The Morgan fingerprint density at radius 3 is 2.48 bits per heavy atom. The lowest BCUT2D eigenvalue weighted by Gasteiger charge is -2.27. The number of benzene rings is 2. The Morgan fingerprint density at radius 1 is 0.926 bits per heavy atom. The number of morpholine rings is 1.